The molecule has 8 N–H and O–H groups in total. The molecule has 5 aliphatic heterocycles. The SMILES string of the molecule is CC1=C2N=C(C=C3NC(=C(C)C4=N[C@@](C)(C5N=C1[C@](C)(CCC(=O)O)[C@H]5CC(=O)O)[C@@](C)(CC(=O)O)[C@@H]4CCC(=O)O)[C@@](C)(CC(=O)O)[C@@H]3CCC(=O)O)C(C)(C)[C@@H]2CCC(=O)O. The van der Waals surface area contributed by atoms with Gasteiger partial charge >= 0.3 is 41.8 Å². The van der Waals surface area contributed by atoms with Gasteiger partial charge < -0.3 is 41.1 Å². The molecule has 0 saturated carbocycles. The molecule has 63 heavy (non-hydrogen) atoms. The fraction of sp³-hybridized carbons (Fsp3) is 0.644. The number of carbonyl (C=O) groups is 7. The van der Waals surface area contributed by atoms with Crippen molar-refractivity contribution in [1.29, 1.82) is 0 Å². The van der Waals surface area contributed by atoms with Gasteiger partial charge in [-0.25, -0.2) is 0 Å². The highest BCUT2D eigenvalue weighted by Crippen LogP contribution is 2.62. The normalized spacial score (nSPS) is 33.0. The van der Waals surface area contributed by atoms with Crippen LogP contribution in [0.5, 0.6) is 0 Å². The summed E-state index contributed by atoms with van der Waals surface area (Å²) in [4.78, 5) is 104. The van der Waals surface area contributed by atoms with Crippen LogP contribution in [0.1, 0.15) is 126 Å². The van der Waals surface area contributed by atoms with Crippen molar-refractivity contribution in [2.75, 3.05) is 0 Å². The lowest BCUT2D eigenvalue weighted by atomic mass is 9.55. The first-order valence-electron chi connectivity index (χ1n) is 21.3. The van der Waals surface area contributed by atoms with Crippen molar-refractivity contribution in [2.45, 2.75) is 138 Å². The maximum absolute atomic E-state index is 13.1. The number of rotatable bonds is 18. The summed E-state index contributed by atoms with van der Waals surface area (Å²) < 4.78 is 0. The van der Waals surface area contributed by atoms with E-state index in [-0.39, 0.29) is 44.2 Å². The van der Waals surface area contributed by atoms with E-state index >= 15 is 0 Å². The average molecular weight is 881 g/mol. The van der Waals surface area contributed by atoms with Crippen molar-refractivity contribution in [3.63, 3.8) is 0 Å². The molecule has 1 saturated heterocycles. The number of carboxylic acids is 7. The van der Waals surface area contributed by atoms with E-state index < -0.39 is 131 Å². The van der Waals surface area contributed by atoms with Crippen LogP contribution >= 0.6 is 0 Å². The van der Waals surface area contributed by atoms with Crippen LogP contribution < -0.4 is 5.32 Å². The summed E-state index contributed by atoms with van der Waals surface area (Å²) in [6, 6.07) is -1.15. The number of fused-ring (bicyclic) bond motifs is 6. The Labute approximate surface area is 365 Å². The lowest BCUT2D eigenvalue weighted by Crippen LogP contribution is -2.55. The maximum atomic E-state index is 13.1. The Morgan fingerprint density at radius 2 is 1.16 bits per heavy atom. The van der Waals surface area contributed by atoms with Gasteiger partial charge in [-0.05, 0) is 63.7 Å². The second-order valence-corrected chi connectivity index (χ2v) is 19.5. The number of hydrogen-bond acceptors (Lipinski definition) is 11. The molecule has 1 unspecified atom stereocenters. The Morgan fingerprint density at radius 1 is 0.635 bits per heavy atom. The van der Waals surface area contributed by atoms with Gasteiger partial charge in [0.05, 0.1) is 30.8 Å². The summed E-state index contributed by atoms with van der Waals surface area (Å²) in [7, 11) is 0. The summed E-state index contributed by atoms with van der Waals surface area (Å²) in [6.07, 6.45) is -1.45. The smallest absolute Gasteiger partial charge is 0.304 e. The molecule has 5 aliphatic rings. The number of hydrogen-bond donors (Lipinski definition) is 8. The van der Waals surface area contributed by atoms with Crippen LogP contribution in [0.3, 0.4) is 0 Å². The number of nitrogens with zero attached hydrogens (tertiary/aromatic N) is 3. The first-order chi connectivity index (χ1) is 29.0. The van der Waals surface area contributed by atoms with Gasteiger partial charge in [-0.2, -0.15) is 0 Å². The Balaban J connectivity index is 2.03. The van der Waals surface area contributed by atoms with Crippen LogP contribution in [0.15, 0.2) is 49.3 Å². The van der Waals surface area contributed by atoms with E-state index in [1.807, 2.05) is 13.8 Å². The van der Waals surface area contributed by atoms with Gasteiger partial charge in [0.2, 0.25) is 0 Å². The van der Waals surface area contributed by atoms with Gasteiger partial charge in [0.15, 0.2) is 0 Å². The lowest BCUT2D eigenvalue weighted by molar-refractivity contribution is -0.143. The minimum absolute atomic E-state index is 0.0202. The number of carboxylic acid groups (broad SMARTS) is 7. The molecule has 0 aromatic carbocycles. The highest BCUT2D eigenvalue weighted by Gasteiger charge is 2.66. The van der Waals surface area contributed by atoms with Crippen molar-refractivity contribution in [3.8, 4) is 0 Å². The fourth-order valence-corrected chi connectivity index (χ4v) is 11.8. The molecule has 5 heterocycles. The third-order valence-electron chi connectivity index (χ3n) is 15.3. The summed E-state index contributed by atoms with van der Waals surface area (Å²) in [5.74, 6) is -11.5. The quantitative estimate of drug-likeness (QED) is 0.0792. The first kappa shape index (κ1) is 48.4. The second-order valence-electron chi connectivity index (χ2n) is 19.5. The van der Waals surface area contributed by atoms with Crippen LogP contribution in [0, 0.1) is 45.3 Å². The molecule has 9 atom stereocenters. The molecule has 0 radical (unpaired) electrons. The van der Waals surface area contributed by atoms with Crippen LogP contribution in [-0.2, 0) is 33.6 Å². The van der Waals surface area contributed by atoms with E-state index in [0.29, 0.717) is 39.7 Å². The summed E-state index contributed by atoms with van der Waals surface area (Å²) in [5.41, 5.74) is -3.60. The molecule has 0 aliphatic carbocycles. The number of nitrogens with one attached hydrogen (secondary N) is 1. The van der Waals surface area contributed by atoms with E-state index in [1.165, 1.54) is 0 Å². The van der Waals surface area contributed by atoms with Crippen LogP contribution in [0.25, 0.3) is 0 Å². The van der Waals surface area contributed by atoms with E-state index in [2.05, 4.69) is 5.32 Å². The molecular formula is C45H60N4O14. The van der Waals surface area contributed by atoms with Crippen molar-refractivity contribution >= 4 is 58.9 Å². The third kappa shape index (κ3) is 8.56. The minimum Gasteiger partial charge on any atom is -0.481 e. The van der Waals surface area contributed by atoms with Gasteiger partial charge in [0.25, 0.3) is 0 Å². The summed E-state index contributed by atoms with van der Waals surface area (Å²) in [6.45, 7) is 13.9. The van der Waals surface area contributed by atoms with Crippen molar-refractivity contribution < 1.29 is 69.3 Å². The van der Waals surface area contributed by atoms with E-state index in [9.17, 15) is 69.3 Å². The predicted molar refractivity (Wildman–Crippen MR) is 227 cm³/mol. The Kier molecular flexibility index (Phi) is 13.1. The number of aliphatic imine (C=N–C) groups is 3. The zero-order valence-corrected chi connectivity index (χ0v) is 37.1. The molecule has 0 aromatic rings. The van der Waals surface area contributed by atoms with Crippen molar-refractivity contribution in [1.82, 2.24) is 5.32 Å². The molecule has 18 heteroatoms. The standard InChI is InChI=1S/C45H60N4O14/c1-21-36-24(10-13-30(52)53)41(3,4)28(47-36)18-27-23(9-12-29(50)51)43(6,19-34(60)61)39(46-27)22(2)37-25(11-14-31(54)55)44(7,20-35(62)63)45(8,49-37)40-26(17-33(58)59)42(5,38(21)48-40)16-15-32(56)57/h18,23-26,40,46H,9-17,19-20H2,1-8H3,(H,50,51)(H,52,53)(H,54,55)(H,56,57)(H,58,59)(H,60,61)(H,62,63)/t23-,24-,25-,26+,40?,42-,43+,44+,45+/m1/s1. The molecule has 18 nitrogen and oxygen atoms in total. The molecule has 0 spiro atoms. The molecule has 1 fully saturated rings. The third-order valence-corrected chi connectivity index (χ3v) is 15.3. The van der Waals surface area contributed by atoms with E-state index in [0.717, 1.165) is 0 Å². The highest BCUT2D eigenvalue weighted by atomic mass is 16.4. The molecule has 8 bridgehead atoms. The summed E-state index contributed by atoms with van der Waals surface area (Å²) in [5, 5.41) is 75.1. The average Bonchev–Trinajstić information content (AvgIpc) is 3.75. The minimum atomic E-state index is -1.63. The van der Waals surface area contributed by atoms with E-state index in [4.69, 9.17) is 15.0 Å². The van der Waals surface area contributed by atoms with Gasteiger partial charge in [-0.3, -0.25) is 48.5 Å². The van der Waals surface area contributed by atoms with Crippen molar-refractivity contribution in [3.05, 3.63) is 34.3 Å². The maximum Gasteiger partial charge on any atom is 0.304 e. The monoisotopic (exact) mass is 880 g/mol. The van der Waals surface area contributed by atoms with Crippen LogP contribution in [0.2, 0.25) is 0 Å². The Morgan fingerprint density at radius 3 is 1.67 bits per heavy atom. The first-order valence-corrected chi connectivity index (χ1v) is 21.3. The topological polar surface area (TPSA) is 310 Å². The molecule has 344 valence electrons. The van der Waals surface area contributed by atoms with Gasteiger partial charge in [-0.15, -0.1) is 0 Å². The fourth-order valence-electron chi connectivity index (χ4n) is 11.8. The largest absolute Gasteiger partial charge is 0.481 e. The van der Waals surface area contributed by atoms with Crippen LogP contribution in [0.4, 0.5) is 0 Å². The Hall–Kier alpha value is -5.68. The lowest BCUT2D eigenvalue weighted by Gasteiger charge is -2.48. The Bertz CT molecular complexity index is 2220. The highest BCUT2D eigenvalue weighted by molar-refractivity contribution is 6.10. The zero-order chi connectivity index (χ0) is 47.4. The molecular weight excluding hydrogens is 821 g/mol. The van der Waals surface area contributed by atoms with Gasteiger partial charge in [0, 0.05) is 105 Å². The van der Waals surface area contributed by atoms with Gasteiger partial charge in [0.1, 0.15) is 0 Å². The number of aliphatic carboxylic acids is 7. The molecule has 0 amide bonds. The summed E-state index contributed by atoms with van der Waals surface area (Å²) >= 11 is 0. The molecule has 0 aromatic heterocycles. The van der Waals surface area contributed by atoms with Gasteiger partial charge in [-0.1, -0.05) is 34.6 Å². The predicted octanol–water partition coefficient (Wildman–Crippen LogP) is 5.92. The number of allylic oxidation sites excluding steroid dienone is 6. The zero-order valence-electron chi connectivity index (χ0n) is 37.1. The molecule has 5 rings (SSSR count). The van der Waals surface area contributed by atoms with Crippen molar-refractivity contribution in [2.24, 2.45) is 60.3 Å². The van der Waals surface area contributed by atoms with Crippen LogP contribution in [-0.4, -0.2) is 106 Å². The van der Waals surface area contributed by atoms with E-state index in [1.54, 1.807) is 47.6 Å². The second kappa shape index (κ2) is 17.1.